The second kappa shape index (κ2) is 7.89. The Balaban J connectivity index is 1.95. The number of rotatable bonds is 7. The number of halogens is 1. The maximum absolute atomic E-state index is 13.3. The Labute approximate surface area is 157 Å². The summed E-state index contributed by atoms with van der Waals surface area (Å²) in [6, 6.07) is 11.1. The summed E-state index contributed by atoms with van der Waals surface area (Å²) in [6.07, 6.45) is 3.30. The molecule has 1 N–H and O–H groups in total. The molecule has 1 aromatic heterocycles. The fourth-order valence-corrected chi connectivity index (χ4v) is 3.87. The monoisotopic (exact) mass is 389 g/mol. The van der Waals surface area contributed by atoms with Crippen molar-refractivity contribution in [3.05, 3.63) is 78.1 Å². The van der Waals surface area contributed by atoms with Gasteiger partial charge >= 0.3 is 0 Å². The predicted octanol–water partition coefficient (Wildman–Crippen LogP) is 3.03. The first kappa shape index (κ1) is 19.1. The summed E-state index contributed by atoms with van der Waals surface area (Å²) >= 11 is 0. The molecule has 6 nitrogen and oxygen atoms in total. The van der Waals surface area contributed by atoms with Gasteiger partial charge in [-0.25, -0.2) is 17.8 Å². The molecule has 0 radical (unpaired) electrons. The third-order valence-corrected chi connectivity index (χ3v) is 5.48. The van der Waals surface area contributed by atoms with Gasteiger partial charge in [-0.2, -0.15) is 4.72 Å². The van der Waals surface area contributed by atoms with E-state index in [4.69, 9.17) is 4.74 Å². The number of sulfonamides is 1. The van der Waals surface area contributed by atoms with E-state index >= 15 is 0 Å². The fraction of sp³-hybridized carbons (Fsp3) is 0.211. The Morgan fingerprint density at radius 2 is 1.81 bits per heavy atom. The standard InChI is InChI=1S/C19H20FN3O3S/c1-3-26-16-8-10-17(11-9-16)27(24,25)22-18(19-21-12-13-23(19)2)14-4-6-15(20)7-5-14/h4-13,18,22H,3H2,1-2H3. The van der Waals surface area contributed by atoms with Crippen molar-refractivity contribution in [1.29, 1.82) is 0 Å². The second-order valence-electron chi connectivity index (χ2n) is 5.91. The molecule has 0 fully saturated rings. The lowest BCUT2D eigenvalue weighted by molar-refractivity contribution is 0.340. The lowest BCUT2D eigenvalue weighted by atomic mass is 10.1. The fourth-order valence-electron chi connectivity index (χ4n) is 2.69. The van der Waals surface area contributed by atoms with Gasteiger partial charge in [-0.1, -0.05) is 12.1 Å². The molecule has 8 heteroatoms. The minimum atomic E-state index is -3.84. The topological polar surface area (TPSA) is 73.2 Å². The van der Waals surface area contributed by atoms with E-state index in [1.54, 1.807) is 36.1 Å². The van der Waals surface area contributed by atoms with Gasteiger partial charge < -0.3 is 9.30 Å². The molecule has 0 aliphatic carbocycles. The number of ether oxygens (including phenoxy) is 1. The molecule has 0 saturated heterocycles. The maximum Gasteiger partial charge on any atom is 0.241 e. The number of hydrogen-bond acceptors (Lipinski definition) is 4. The third kappa shape index (κ3) is 4.35. The van der Waals surface area contributed by atoms with Crippen molar-refractivity contribution < 1.29 is 17.5 Å². The lowest BCUT2D eigenvalue weighted by Gasteiger charge is -2.19. The van der Waals surface area contributed by atoms with Crippen LogP contribution in [0.4, 0.5) is 4.39 Å². The van der Waals surface area contributed by atoms with E-state index in [9.17, 15) is 12.8 Å². The molecule has 0 spiro atoms. The van der Waals surface area contributed by atoms with E-state index in [1.807, 2.05) is 6.92 Å². The first-order valence-electron chi connectivity index (χ1n) is 8.38. The van der Waals surface area contributed by atoms with Crippen LogP contribution in [-0.2, 0) is 17.1 Å². The molecule has 1 atom stereocenters. The number of imidazole rings is 1. The van der Waals surface area contributed by atoms with E-state index in [1.165, 1.54) is 36.4 Å². The van der Waals surface area contributed by atoms with Crippen LogP contribution in [0.2, 0.25) is 0 Å². The van der Waals surface area contributed by atoms with Gasteiger partial charge in [-0.05, 0) is 48.9 Å². The van der Waals surface area contributed by atoms with E-state index in [0.29, 0.717) is 23.7 Å². The van der Waals surface area contributed by atoms with Gasteiger partial charge in [0.2, 0.25) is 10.0 Å². The first-order valence-corrected chi connectivity index (χ1v) is 9.87. The van der Waals surface area contributed by atoms with Crippen molar-refractivity contribution in [2.24, 2.45) is 7.05 Å². The quantitative estimate of drug-likeness (QED) is 0.674. The molecular formula is C19H20FN3O3S. The van der Waals surface area contributed by atoms with Gasteiger partial charge in [0, 0.05) is 19.4 Å². The average molecular weight is 389 g/mol. The smallest absolute Gasteiger partial charge is 0.241 e. The molecule has 3 rings (SSSR count). The lowest BCUT2D eigenvalue weighted by Crippen LogP contribution is -2.31. The average Bonchev–Trinajstić information content (AvgIpc) is 3.07. The molecule has 1 heterocycles. The molecule has 0 aliphatic rings. The Hall–Kier alpha value is -2.71. The highest BCUT2D eigenvalue weighted by Gasteiger charge is 2.25. The largest absolute Gasteiger partial charge is 0.494 e. The van der Waals surface area contributed by atoms with E-state index < -0.39 is 21.9 Å². The molecule has 0 amide bonds. The van der Waals surface area contributed by atoms with Crippen molar-refractivity contribution in [3.8, 4) is 5.75 Å². The number of nitrogens with one attached hydrogen (secondary N) is 1. The molecular weight excluding hydrogens is 369 g/mol. The van der Waals surface area contributed by atoms with Gasteiger partial charge in [0.05, 0.1) is 11.5 Å². The van der Waals surface area contributed by atoms with Crippen LogP contribution in [0.5, 0.6) is 5.75 Å². The summed E-state index contributed by atoms with van der Waals surface area (Å²) in [5.74, 6) is 0.693. The van der Waals surface area contributed by atoms with Crippen molar-refractivity contribution >= 4 is 10.0 Å². The van der Waals surface area contributed by atoms with Gasteiger partial charge in [-0.3, -0.25) is 0 Å². The summed E-state index contributed by atoms with van der Waals surface area (Å²) < 4.78 is 48.8. The Morgan fingerprint density at radius 1 is 1.15 bits per heavy atom. The van der Waals surface area contributed by atoms with Crippen LogP contribution in [0.25, 0.3) is 0 Å². The van der Waals surface area contributed by atoms with Crippen LogP contribution < -0.4 is 9.46 Å². The highest BCUT2D eigenvalue weighted by molar-refractivity contribution is 7.89. The zero-order chi connectivity index (χ0) is 19.4. The summed E-state index contributed by atoms with van der Waals surface area (Å²) in [5.41, 5.74) is 0.584. The minimum Gasteiger partial charge on any atom is -0.494 e. The van der Waals surface area contributed by atoms with Crippen LogP contribution in [0, 0.1) is 5.82 Å². The molecule has 142 valence electrons. The minimum absolute atomic E-state index is 0.104. The van der Waals surface area contributed by atoms with Gasteiger partial charge in [-0.15, -0.1) is 0 Å². The van der Waals surface area contributed by atoms with Crippen LogP contribution >= 0.6 is 0 Å². The number of aromatic nitrogens is 2. The highest BCUT2D eigenvalue weighted by Crippen LogP contribution is 2.24. The number of aryl methyl sites for hydroxylation is 1. The molecule has 27 heavy (non-hydrogen) atoms. The zero-order valence-electron chi connectivity index (χ0n) is 15.0. The van der Waals surface area contributed by atoms with Crippen LogP contribution in [0.3, 0.4) is 0 Å². The number of hydrogen-bond donors (Lipinski definition) is 1. The van der Waals surface area contributed by atoms with Crippen LogP contribution in [0.1, 0.15) is 24.4 Å². The highest BCUT2D eigenvalue weighted by atomic mass is 32.2. The maximum atomic E-state index is 13.3. The van der Waals surface area contributed by atoms with Crippen LogP contribution in [-0.4, -0.2) is 24.6 Å². The predicted molar refractivity (Wildman–Crippen MR) is 99.4 cm³/mol. The molecule has 1 unspecified atom stereocenters. The molecule has 0 bridgehead atoms. The third-order valence-electron chi connectivity index (χ3n) is 4.04. The second-order valence-corrected chi connectivity index (χ2v) is 7.62. The van der Waals surface area contributed by atoms with Crippen molar-refractivity contribution in [2.75, 3.05) is 6.61 Å². The Bertz CT molecular complexity index is 999. The van der Waals surface area contributed by atoms with Gasteiger partial charge in [0.25, 0.3) is 0 Å². The van der Waals surface area contributed by atoms with E-state index in [0.717, 1.165) is 0 Å². The molecule has 2 aromatic carbocycles. The summed E-state index contributed by atoms with van der Waals surface area (Å²) in [7, 11) is -2.08. The molecule has 3 aromatic rings. The van der Waals surface area contributed by atoms with Crippen molar-refractivity contribution in [1.82, 2.24) is 14.3 Å². The normalized spacial score (nSPS) is 12.7. The van der Waals surface area contributed by atoms with Gasteiger partial charge in [0.1, 0.15) is 23.4 Å². The molecule has 0 saturated carbocycles. The Kier molecular flexibility index (Phi) is 5.57. The summed E-state index contributed by atoms with van der Waals surface area (Å²) in [6.45, 7) is 2.35. The molecule has 0 aliphatic heterocycles. The van der Waals surface area contributed by atoms with Gasteiger partial charge in [0.15, 0.2) is 0 Å². The zero-order valence-corrected chi connectivity index (χ0v) is 15.8. The number of benzene rings is 2. The van der Waals surface area contributed by atoms with Crippen molar-refractivity contribution in [3.63, 3.8) is 0 Å². The summed E-state index contributed by atoms with van der Waals surface area (Å²) in [4.78, 5) is 4.36. The number of nitrogens with zero attached hydrogens (tertiary/aromatic N) is 2. The van der Waals surface area contributed by atoms with Crippen molar-refractivity contribution in [2.45, 2.75) is 17.9 Å². The van der Waals surface area contributed by atoms with E-state index in [-0.39, 0.29) is 4.90 Å². The SMILES string of the molecule is CCOc1ccc(S(=O)(=O)NC(c2ccc(F)cc2)c2nccn2C)cc1. The summed E-state index contributed by atoms with van der Waals surface area (Å²) in [5, 5.41) is 0. The van der Waals surface area contributed by atoms with E-state index in [2.05, 4.69) is 9.71 Å². The van der Waals surface area contributed by atoms with Crippen LogP contribution in [0.15, 0.2) is 65.8 Å². The Morgan fingerprint density at radius 3 is 2.37 bits per heavy atom. The first-order chi connectivity index (χ1) is 12.9.